The Bertz CT molecular complexity index is 379. The quantitative estimate of drug-likeness (QED) is 0.787. The second-order valence-electron chi connectivity index (χ2n) is 6.12. The van der Waals surface area contributed by atoms with Crippen LogP contribution in [0.5, 0.6) is 0 Å². The van der Waals surface area contributed by atoms with Crippen LogP contribution in [0, 0.1) is 11.8 Å². The van der Waals surface area contributed by atoms with Gasteiger partial charge in [0.05, 0.1) is 0 Å². The Morgan fingerprint density at radius 1 is 1.00 bits per heavy atom. The van der Waals surface area contributed by atoms with Crippen molar-refractivity contribution in [3.63, 3.8) is 0 Å². The van der Waals surface area contributed by atoms with E-state index in [9.17, 15) is 14.7 Å². The van der Waals surface area contributed by atoms with Gasteiger partial charge in [-0.25, -0.2) is 9.59 Å². The van der Waals surface area contributed by atoms with Gasteiger partial charge in [0.2, 0.25) is 0 Å². The number of likely N-dealkylation sites (tertiary alicyclic amines) is 2. The molecule has 19 heavy (non-hydrogen) atoms. The smallest absolute Gasteiger partial charge is 0.326 e. The zero-order chi connectivity index (χ0) is 13.4. The zero-order valence-electron chi connectivity index (χ0n) is 11.3. The monoisotopic (exact) mass is 266 g/mol. The lowest BCUT2D eigenvalue weighted by molar-refractivity contribution is -0.142. The molecule has 1 N–H and O–H groups in total. The average molecular weight is 266 g/mol. The van der Waals surface area contributed by atoms with Gasteiger partial charge in [-0.3, -0.25) is 0 Å². The molecule has 0 aromatic rings. The third-order valence-electron chi connectivity index (χ3n) is 5.02. The summed E-state index contributed by atoms with van der Waals surface area (Å²) in [7, 11) is 0. The number of carboxylic acids is 1. The molecule has 0 aromatic carbocycles. The molecule has 5 heteroatoms. The number of hydrogen-bond donors (Lipinski definition) is 1. The highest BCUT2D eigenvalue weighted by atomic mass is 16.4. The maximum atomic E-state index is 12.5. The first-order valence-corrected chi connectivity index (χ1v) is 7.47. The Morgan fingerprint density at radius 3 is 2.42 bits per heavy atom. The second kappa shape index (κ2) is 5.02. The molecule has 0 spiro atoms. The van der Waals surface area contributed by atoms with E-state index in [1.165, 1.54) is 6.42 Å². The fraction of sp³-hybridized carbons (Fsp3) is 0.857. The van der Waals surface area contributed by atoms with Crippen molar-refractivity contribution in [2.24, 2.45) is 11.8 Å². The molecule has 3 rings (SSSR count). The van der Waals surface area contributed by atoms with Gasteiger partial charge in [-0.05, 0) is 43.9 Å². The van der Waals surface area contributed by atoms with E-state index in [4.69, 9.17) is 0 Å². The Morgan fingerprint density at radius 2 is 1.74 bits per heavy atom. The highest BCUT2D eigenvalue weighted by Gasteiger charge is 2.50. The molecule has 3 fully saturated rings. The number of carbonyl (C=O) groups excluding carboxylic acids is 1. The predicted octanol–water partition coefficient (Wildman–Crippen LogP) is 1.78. The number of rotatable bonds is 1. The van der Waals surface area contributed by atoms with Crippen LogP contribution in [-0.4, -0.2) is 52.6 Å². The number of amides is 2. The number of carboxylic acid groups (broad SMARTS) is 1. The van der Waals surface area contributed by atoms with Crippen LogP contribution < -0.4 is 0 Å². The first kappa shape index (κ1) is 12.8. The second-order valence-corrected chi connectivity index (χ2v) is 6.12. The molecule has 2 aliphatic heterocycles. The Kier molecular flexibility index (Phi) is 3.37. The summed E-state index contributed by atoms with van der Waals surface area (Å²) >= 11 is 0. The highest BCUT2D eigenvalue weighted by Crippen LogP contribution is 2.42. The Labute approximate surface area is 113 Å². The summed E-state index contributed by atoms with van der Waals surface area (Å²) in [5.41, 5.74) is 0. The number of nitrogens with zero attached hydrogens (tertiary/aromatic N) is 2. The molecule has 0 radical (unpaired) electrons. The number of hydrogen-bond acceptors (Lipinski definition) is 2. The minimum Gasteiger partial charge on any atom is -0.480 e. The number of urea groups is 1. The zero-order valence-corrected chi connectivity index (χ0v) is 11.3. The molecule has 1 aliphatic carbocycles. The summed E-state index contributed by atoms with van der Waals surface area (Å²) in [4.78, 5) is 27.6. The molecule has 3 unspecified atom stereocenters. The SMILES string of the molecule is O=C(O)C1C2CCCC2CN1C(=O)N1CCCCC1. The molecular weight excluding hydrogens is 244 g/mol. The van der Waals surface area contributed by atoms with E-state index in [-0.39, 0.29) is 11.9 Å². The van der Waals surface area contributed by atoms with Gasteiger partial charge in [0.1, 0.15) is 6.04 Å². The van der Waals surface area contributed by atoms with E-state index in [2.05, 4.69) is 0 Å². The summed E-state index contributed by atoms with van der Waals surface area (Å²) in [6, 6.07) is -0.622. The van der Waals surface area contributed by atoms with Gasteiger partial charge in [0.25, 0.3) is 0 Å². The molecule has 0 bridgehead atoms. The average Bonchev–Trinajstić information content (AvgIpc) is 2.98. The fourth-order valence-corrected chi connectivity index (χ4v) is 4.09. The molecule has 1 saturated carbocycles. The van der Waals surface area contributed by atoms with Gasteiger partial charge >= 0.3 is 12.0 Å². The van der Waals surface area contributed by atoms with E-state index in [0.29, 0.717) is 12.5 Å². The number of piperidine rings is 1. The number of fused-ring (bicyclic) bond motifs is 1. The Balaban J connectivity index is 1.75. The molecule has 3 atom stereocenters. The van der Waals surface area contributed by atoms with Crippen LogP contribution in [0.25, 0.3) is 0 Å². The van der Waals surface area contributed by atoms with Gasteiger partial charge in [0, 0.05) is 19.6 Å². The van der Waals surface area contributed by atoms with Crippen LogP contribution in [0.1, 0.15) is 38.5 Å². The van der Waals surface area contributed by atoms with E-state index in [0.717, 1.165) is 45.2 Å². The molecule has 5 nitrogen and oxygen atoms in total. The number of aliphatic carboxylic acids is 1. The summed E-state index contributed by atoms with van der Waals surface area (Å²) in [6.45, 7) is 2.23. The summed E-state index contributed by atoms with van der Waals surface area (Å²) < 4.78 is 0. The van der Waals surface area contributed by atoms with Gasteiger partial charge in [0.15, 0.2) is 0 Å². The van der Waals surface area contributed by atoms with Crippen molar-refractivity contribution in [2.75, 3.05) is 19.6 Å². The van der Waals surface area contributed by atoms with Gasteiger partial charge in [-0.2, -0.15) is 0 Å². The predicted molar refractivity (Wildman–Crippen MR) is 69.8 cm³/mol. The maximum Gasteiger partial charge on any atom is 0.326 e. The van der Waals surface area contributed by atoms with Crippen molar-refractivity contribution in [1.82, 2.24) is 9.80 Å². The minimum atomic E-state index is -0.820. The normalized spacial score (nSPS) is 34.4. The number of carbonyl (C=O) groups is 2. The van der Waals surface area contributed by atoms with Crippen LogP contribution in [0.4, 0.5) is 4.79 Å². The minimum absolute atomic E-state index is 0.0403. The standard InChI is InChI=1S/C14H22N2O3/c17-13(18)12-11-6-4-5-10(11)9-16(12)14(19)15-7-2-1-3-8-15/h10-12H,1-9H2,(H,17,18). The van der Waals surface area contributed by atoms with E-state index >= 15 is 0 Å². The molecular formula is C14H22N2O3. The van der Waals surface area contributed by atoms with Gasteiger partial charge in [-0.1, -0.05) is 6.42 Å². The van der Waals surface area contributed by atoms with Crippen molar-refractivity contribution < 1.29 is 14.7 Å². The summed E-state index contributed by atoms with van der Waals surface area (Å²) in [5, 5.41) is 9.47. The fourth-order valence-electron chi connectivity index (χ4n) is 4.09. The van der Waals surface area contributed by atoms with Crippen molar-refractivity contribution >= 4 is 12.0 Å². The summed E-state index contributed by atoms with van der Waals surface area (Å²) in [5.74, 6) is -0.221. The lowest BCUT2D eigenvalue weighted by Gasteiger charge is -2.33. The largest absolute Gasteiger partial charge is 0.480 e. The maximum absolute atomic E-state index is 12.5. The molecule has 106 valence electrons. The van der Waals surface area contributed by atoms with Crippen LogP contribution in [0.2, 0.25) is 0 Å². The van der Waals surface area contributed by atoms with Crippen LogP contribution in [-0.2, 0) is 4.79 Å². The first-order valence-electron chi connectivity index (χ1n) is 7.47. The molecule has 2 heterocycles. The topological polar surface area (TPSA) is 60.9 Å². The van der Waals surface area contributed by atoms with Crippen molar-refractivity contribution in [1.29, 1.82) is 0 Å². The first-order chi connectivity index (χ1) is 9.18. The van der Waals surface area contributed by atoms with Crippen molar-refractivity contribution in [3.05, 3.63) is 0 Å². The summed E-state index contributed by atoms with van der Waals surface area (Å²) in [6.07, 6.45) is 6.43. The van der Waals surface area contributed by atoms with Crippen LogP contribution in [0.3, 0.4) is 0 Å². The lowest BCUT2D eigenvalue weighted by atomic mass is 9.94. The molecule has 2 amide bonds. The van der Waals surface area contributed by atoms with E-state index in [1.807, 2.05) is 4.90 Å². The Hall–Kier alpha value is -1.26. The molecule has 0 aromatic heterocycles. The molecule has 2 saturated heterocycles. The van der Waals surface area contributed by atoms with E-state index in [1.54, 1.807) is 4.90 Å². The molecule has 3 aliphatic rings. The lowest BCUT2D eigenvalue weighted by Crippen LogP contribution is -2.50. The van der Waals surface area contributed by atoms with Crippen molar-refractivity contribution in [3.8, 4) is 0 Å². The third-order valence-corrected chi connectivity index (χ3v) is 5.02. The third kappa shape index (κ3) is 2.19. The van der Waals surface area contributed by atoms with Gasteiger partial charge < -0.3 is 14.9 Å². The van der Waals surface area contributed by atoms with Crippen molar-refractivity contribution in [2.45, 2.75) is 44.6 Å². The van der Waals surface area contributed by atoms with Gasteiger partial charge in [-0.15, -0.1) is 0 Å². The van der Waals surface area contributed by atoms with E-state index < -0.39 is 12.0 Å². The van der Waals surface area contributed by atoms with Crippen LogP contribution in [0.15, 0.2) is 0 Å². The highest BCUT2D eigenvalue weighted by molar-refractivity contribution is 5.84. The van der Waals surface area contributed by atoms with Crippen LogP contribution >= 0.6 is 0 Å².